The third-order valence-corrected chi connectivity index (χ3v) is 20.0. The molecule has 0 aromatic heterocycles. The normalized spacial score (nSPS) is 12.9. The first-order valence-corrected chi connectivity index (χ1v) is 34.2. The van der Waals surface area contributed by atoms with Crippen LogP contribution in [0.2, 0.25) is 0 Å². The van der Waals surface area contributed by atoms with Crippen molar-refractivity contribution in [2.24, 2.45) is 0 Å². The molecule has 5 nitrogen and oxygen atoms in total. The molecule has 15 rings (SSSR count). The van der Waals surface area contributed by atoms with Gasteiger partial charge in [-0.15, -0.1) is 0 Å². The van der Waals surface area contributed by atoms with Crippen molar-refractivity contribution in [3.05, 3.63) is 270 Å². The van der Waals surface area contributed by atoms with Crippen LogP contribution in [0.15, 0.2) is 243 Å². The van der Waals surface area contributed by atoms with Gasteiger partial charge < -0.3 is 25.5 Å². The minimum absolute atomic E-state index is 0.322. The van der Waals surface area contributed by atoms with E-state index < -0.39 is 0 Å². The molecule has 0 saturated carbocycles. The average Bonchev–Trinajstić information content (AvgIpc) is 0.842. The lowest BCUT2D eigenvalue weighted by Crippen LogP contribution is -1.91. The summed E-state index contributed by atoms with van der Waals surface area (Å²) in [4.78, 5) is 0. The fourth-order valence-electron chi connectivity index (χ4n) is 12.8. The Morgan fingerprint density at radius 1 is 0.211 bits per heavy atom. The van der Waals surface area contributed by atoms with Gasteiger partial charge in [-0.3, -0.25) is 0 Å². The highest BCUT2D eigenvalue weighted by molar-refractivity contribution is 6.06. The van der Waals surface area contributed by atoms with Crippen molar-refractivity contribution in [1.29, 1.82) is 0 Å². The summed E-state index contributed by atoms with van der Waals surface area (Å²) in [6.45, 7) is 22.2. The maximum Gasteiger partial charge on any atom is 0.131 e. The number of phenols is 5. The predicted octanol–water partition coefficient (Wildman–Crippen LogP) is 26.1. The van der Waals surface area contributed by atoms with E-state index in [9.17, 15) is 25.5 Å². The van der Waals surface area contributed by atoms with Crippen molar-refractivity contribution < 1.29 is 25.5 Å². The third kappa shape index (κ3) is 15.0. The van der Waals surface area contributed by atoms with Crippen molar-refractivity contribution in [2.45, 2.75) is 131 Å². The zero-order valence-electron chi connectivity index (χ0n) is 56.8. The number of fused-ring (bicyclic) bond motifs is 10. The molecule has 0 radical (unpaired) electrons. The predicted molar refractivity (Wildman–Crippen MR) is 409 cm³/mol. The Morgan fingerprint density at radius 2 is 0.505 bits per heavy atom. The molecule has 0 bridgehead atoms. The Balaban J connectivity index is 0.000000121. The minimum atomic E-state index is 0.322. The van der Waals surface area contributed by atoms with Crippen LogP contribution < -0.4 is 0 Å². The van der Waals surface area contributed by atoms with E-state index in [0.29, 0.717) is 58.3 Å². The monoisotopic (exact) mass is 1250 g/mol. The molecule has 0 aliphatic carbocycles. The van der Waals surface area contributed by atoms with Gasteiger partial charge in [0.1, 0.15) is 28.7 Å². The number of hydrogen-bond acceptors (Lipinski definition) is 5. The summed E-state index contributed by atoms with van der Waals surface area (Å²) in [7, 11) is 0. The quantitative estimate of drug-likeness (QED) is 0.0879. The maximum atomic E-state index is 10.4. The van der Waals surface area contributed by atoms with Crippen LogP contribution in [-0.4, -0.2) is 25.5 Å². The molecule has 0 amide bonds. The van der Waals surface area contributed by atoms with E-state index in [1.807, 2.05) is 84.9 Å². The van der Waals surface area contributed by atoms with Crippen molar-refractivity contribution in [1.82, 2.24) is 0 Å². The highest BCUT2D eigenvalue weighted by atomic mass is 16.3. The van der Waals surface area contributed by atoms with Crippen molar-refractivity contribution >= 4 is 108 Å². The van der Waals surface area contributed by atoms with E-state index >= 15 is 0 Å². The summed E-state index contributed by atoms with van der Waals surface area (Å²) in [6, 6.07) is 82.8. The van der Waals surface area contributed by atoms with Crippen LogP contribution >= 0.6 is 0 Å². The first kappa shape index (κ1) is 66.4. The lowest BCUT2D eigenvalue weighted by Gasteiger charge is -2.12. The fourth-order valence-corrected chi connectivity index (χ4v) is 12.8. The van der Waals surface area contributed by atoms with Crippen molar-refractivity contribution in [3.8, 4) is 28.7 Å². The minimum Gasteiger partial charge on any atom is -0.508 e. The lowest BCUT2D eigenvalue weighted by molar-refractivity contribution is 0.475. The Hall–Kier alpha value is -10.1. The second-order valence-electron chi connectivity index (χ2n) is 26.4. The van der Waals surface area contributed by atoms with Crippen LogP contribution in [0.25, 0.3) is 108 Å². The summed E-state index contributed by atoms with van der Waals surface area (Å²) in [6.07, 6.45) is 5.68. The number of rotatable bonds is 10. The zero-order chi connectivity index (χ0) is 67.0. The Kier molecular flexibility index (Phi) is 20.6. The molecule has 0 aliphatic heterocycles. The molecule has 5 unspecified atom stereocenters. The summed E-state index contributed by atoms with van der Waals surface area (Å²) < 4.78 is 0. The van der Waals surface area contributed by atoms with Crippen LogP contribution in [0.5, 0.6) is 28.7 Å². The highest BCUT2D eigenvalue weighted by Crippen LogP contribution is 2.38. The molecule has 15 aromatic rings. The van der Waals surface area contributed by atoms with Gasteiger partial charge in [0.25, 0.3) is 0 Å². The van der Waals surface area contributed by atoms with Crippen molar-refractivity contribution in [3.63, 3.8) is 0 Å². The SMILES string of the molecule is CCC(C)c1cc(O)c2cc3ccccc3cc2c1.CCC(C)c1ccc2c(O)c3ccccc3cc2c1.CCC(C)c1ccc2cc3c(O)cccc3cc2c1.CCC(C)c1ccc2cc3cc(O)ccc3cc2c1.CCC(C)c1ccc2cc3ccc(O)cc3cc2c1. The molecule has 5 N–H and O–H groups in total. The number of aromatic hydroxyl groups is 5. The van der Waals surface area contributed by atoms with Gasteiger partial charge in [0, 0.05) is 21.5 Å². The second-order valence-corrected chi connectivity index (χ2v) is 26.4. The van der Waals surface area contributed by atoms with E-state index in [-0.39, 0.29) is 0 Å². The molecular weight excluding hydrogens is 1160 g/mol. The molecule has 5 heteroatoms. The fraction of sp³-hybridized carbons (Fsp3) is 0.222. The summed E-state index contributed by atoms with van der Waals surface area (Å²) >= 11 is 0. The van der Waals surface area contributed by atoms with Gasteiger partial charge in [-0.05, 0) is 267 Å². The molecule has 5 atom stereocenters. The molecule has 0 spiro atoms. The topological polar surface area (TPSA) is 101 Å². The smallest absolute Gasteiger partial charge is 0.131 e. The van der Waals surface area contributed by atoms with Crippen LogP contribution in [-0.2, 0) is 0 Å². The van der Waals surface area contributed by atoms with Gasteiger partial charge in [-0.1, -0.05) is 221 Å². The lowest BCUT2D eigenvalue weighted by atomic mass is 9.94. The molecule has 0 heterocycles. The first-order valence-electron chi connectivity index (χ1n) is 34.2. The van der Waals surface area contributed by atoms with E-state index in [1.54, 1.807) is 18.2 Å². The molecule has 0 fully saturated rings. The maximum absolute atomic E-state index is 10.4. The molecule has 95 heavy (non-hydrogen) atoms. The highest BCUT2D eigenvalue weighted by Gasteiger charge is 2.13. The summed E-state index contributed by atoms with van der Waals surface area (Å²) in [5.74, 6) is 4.58. The van der Waals surface area contributed by atoms with Crippen molar-refractivity contribution in [2.75, 3.05) is 0 Å². The van der Waals surface area contributed by atoms with Gasteiger partial charge in [0.05, 0.1) is 0 Å². The van der Waals surface area contributed by atoms with Gasteiger partial charge in [0.2, 0.25) is 0 Å². The molecule has 0 aliphatic rings. The van der Waals surface area contributed by atoms with Crippen LogP contribution in [0.1, 0.15) is 159 Å². The Bertz CT molecular complexity index is 5180. The Morgan fingerprint density at radius 3 is 1.01 bits per heavy atom. The van der Waals surface area contributed by atoms with Crippen LogP contribution in [0.4, 0.5) is 0 Å². The number of benzene rings is 15. The van der Waals surface area contributed by atoms with E-state index in [4.69, 9.17) is 0 Å². The molecule has 480 valence electrons. The van der Waals surface area contributed by atoms with E-state index in [1.165, 1.54) is 81.7 Å². The second kappa shape index (κ2) is 29.5. The molecule has 0 saturated heterocycles. The molecular formula is C90H90O5. The number of phenolic OH excluding ortho intramolecular Hbond substituents is 5. The average molecular weight is 1250 g/mol. The van der Waals surface area contributed by atoms with E-state index in [2.05, 4.69) is 209 Å². The standard InChI is InChI=1S/5C18H18O/c1-3-12(2)13-4-5-14-10-17-11-18(19)7-6-15(17)9-16(14)8-13;1-3-12(2)13-4-5-14-9-15-6-7-18(19)11-17(15)10-16(14)8-13;1-3-12(2)13-7-8-14-11-17-15(10-16(14)9-13)5-4-6-18(17)19;1-3-12(2)15-9-16-8-13-6-4-5-7-14(13)10-17(16)18(19)11-15;1-3-12(2)13-8-9-17-15(10-13)11-14-6-4-5-7-16(14)18(17)19/h5*4-12,19H,3H2,1-2H3. The number of hydrogen-bond donors (Lipinski definition) is 5. The largest absolute Gasteiger partial charge is 0.508 e. The van der Waals surface area contributed by atoms with Gasteiger partial charge >= 0.3 is 0 Å². The zero-order valence-corrected chi connectivity index (χ0v) is 56.8. The van der Waals surface area contributed by atoms with Crippen LogP contribution in [0, 0.1) is 0 Å². The van der Waals surface area contributed by atoms with E-state index in [0.717, 1.165) is 86.0 Å². The summed E-state index contributed by atoms with van der Waals surface area (Å²) in [5.41, 5.74) is 6.71. The van der Waals surface area contributed by atoms with Gasteiger partial charge in [-0.25, -0.2) is 0 Å². The third-order valence-electron chi connectivity index (χ3n) is 20.0. The van der Waals surface area contributed by atoms with Crippen LogP contribution in [0.3, 0.4) is 0 Å². The first-order chi connectivity index (χ1) is 45.9. The van der Waals surface area contributed by atoms with Gasteiger partial charge in [0.15, 0.2) is 0 Å². The Labute approximate surface area is 560 Å². The summed E-state index contributed by atoms with van der Waals surface area (Å²) in [5, 5.41) is 72.2. The van der Waals surface area contributed by atoms with Gasteiger partial charge in [-0.2, -0.15) is 0 Å². The molecule has 15 aromatic carbocycles.